The van der Waals surface area contributed by atoms with E-state index in [1.165, 1.54) is 18.3 Å². The summed E-state index contributed by atoms with van der Waals surface area (Å²) in [6, 6.07) is 8.32. The lowest BCUT2D eigenvalue weighted by atomic mass is 10.1. The van der Waals surface area contributed by atoms with E-state index in [1.54, 1.807) is 6.07 Å². The molecule has 0 aliphatic carbocycles. The van der Waals surface area contributed by atoms with Gasteiger partial charge in [0.15, 0.2) is 0 Å². The van der Waals surface area contributed by atoms with Crippen LogP contribution in [0.2, 0.25) is 0 Å². The first kappa shape index (κ1) is 13.7. The van der Waals surface area contributed by atoms with Gasteiger partial charge >= 0.3 is 5.97 Å². The van der Waals surface area contributed by atoms with Crippen LogP contribution in [-0.4, -0.2) is 22.0 Å². The topological polar surface area (TPSA) is 79.3 Å². The molecular weight excluding hydrogens is 256 g/mol. The van der Waals surface area contributed by atoms with Crippen molar-refractivity contribution in [1.82, 2.24) is 4.98 Å². The summed E-state index contributed by atoms with van der Waals surface area (Å²) in [6.07, 6.45) is 1.39. The van der Waals surface area contributed by atoms with Crippen LogP contribution in [0, 0.1) is 13.8 Å². The number of hydrogen-bond donors (Lipinski definition) is 2. The number of nitrogens with zero attached hydrogens (tertiary/aromatic N) is 1. The number of carboxylic acid groups (broad SMARTS) is 1. The lowest BCUT2D eigenvalue weighted by Crippen LogP contribution is -2.18. The molecule has 1 amide bonds. The Morgan fingerprint density at radius 2 is 1.90 bits per heavy atom. The van der Waals surface area contributed by atoms with Crippen LogP contribution < -0.4 is 5.32 Å². The van der Waals surface area contributed by atoms with E-state index >= 15 is 0 Å². The highest BCUT2D eigenvalue weighted by atomic mass is 16.4. The summed E-state index contributed by atoms with van der Waals surface area (Å²) in [4.78, 5) is 27.0. The van der Waals surface area contributed by atoms with E-state index in [1.807, 2.05) is 26.0 Å². The number of carbonyl (C=O) groups is 2. The van der Waals surface area contributed by atoms with Crippen molar-refractivity contribution in [1.29, 1.82) is 0 Å². The molecule has 2 aromatic rings. The maximum atomic E-state index is 12.1. The van der Waals surface area contributed by atoms with Gasteiger partial charge in [0.05, 0.1) is 5.56 Å². The Morgan fingerprint density at radius 1 is 1.15 bits per heavy atom. The molecule has 0 saturated heterocycles. The number of hydrogen-bond acceptors (Lipinski definition) is 3. The fourth-order valence-corrected chi connectivity index (χ4v) is 1.77. The molecule has 20 heavy (non-hydrogen) atoms. The van der Waals surface area contributed by atoms with Crippen LogP contribution in [0.1, 0.15) is 32.0 Å². The molecule has 0 unspecified atom stereocenters. The van der Waals surface area contributed by atoms with E-state index in [2.05, 4.69) is 10.3 Å². The molecule has 0 aliphatic rings. The van der Waals surface area contributed by atoms with Gasteiger partial charge in [-0.1, -0.05) is 6.07 Å². The van der Waals surface area contributed by atoms with E-state index in [0.29, 0.717) is 5.69 Å². The molecule has 0 spiro atoms. The van der Waals surface area contributed by atoms with Gasteiger partial charge in [-0.05, 0) is 49.2 Å². The second kappa shape index (κ2) is 5.52. The third kappa shape index (κ3) is 2.83. The number of carboxylic acids is 1. The van der Waals surface area contributed by atoms with Gasteiger partial charge in [0.1, 0.15) is 5.69 Å². The second-order valence-corrected chi connectivity index (χ2v) is 4.46. The molecular formula is C15H14N2O3. The Balaban J connectivity index is 2.28. The maximum absolute atomic E-state index is 12.1. The van der Waals surface area contributed by atoms with E-state index in [4.69, 9.17) is 5.11 Å². The third-order valence-corrected chi connectivity index (χ3v) is 3.02. The van der Waals surface area contributed by atoms with E-state index in [9.17, 15) is 9.59 Å². The standard InChI is InChI=1S/C15H14N2O3/c1-9-5-6-11(8-10(9)2)17-14(18)13-12(15(19)20)4-3-7-16-13/h3-8H,1-2H3,(H,17,18)(H,19,20). The Bertz CT molecular complexity index is 681. The number of aryl methyl sites for hydroxylation is 2. The van der Waals surface area contributed by atoms with Crippen molar-refractivity contribution >= 4 is 17.6 Å². The average Bonchev–Trinajstić information content (AvgIpc) is 2.43. The van der Waals surface area contributed by atoms with Crippen LogP contribution in [0.3, 0.4) is 0 Å². The molecule has 0 aliphatic heterocycles. The molecule has 5 nitrogen and oxygen atoms in total. The molecule has 1 aromatic carbocycles. The molecule has 2 rings (SSSR count). The van der Waals surface area contributed by atoms with Crippen molar-refractivity contribution < 1.29 is 14.7 Å². The minimum Gasteiger partial charge on any atom is -0.478 e. The number of amides is 1. The summed E-state index contributed by atoms with van der Waals surface area (Å²) < 4.78 is 0. The highest BCUT2D eigenvalue weighted by Crippen LogP contribution is 2.15. The number of pyridine rings is 1. The normalized spacial score (nSPS) is 10.1. The van der Waals surface area contributed by atoms with E-state index < -0.39 is 11.9 Å². The summed E-state index contributed by atoms with van der Waals surface area (Å²) in [6.45, 7) is 3.91. The van der Waals surface area contributed by atoms with Crippen molar-refractivity contribution in [2.24, 2.45) is 0 Å². The smallest absolute Gasteiger partial charge is 0.338 e. The number of aromatic carboxylic acids is 1. The highest BCUT2D eigenvalue weighted by Gasteiger charge is 2.17. The number of rotatable bonds is 3. The average molecular weight is 270 g/mol. The van der Waals surface area contributed by atoms with Crippen molar-refractivity contribution in [3.8, 4) is 0 Å². The SMILES string of the molecule is Cc1ccc(NC(=O)c2ncccc2C(=O)O)cc1C. The van der Waals surface area contributed by atoms with Crippen molar-refractivity contribution in [2.45, 2.75) is 13.8 Å². The fourth-order valence-electron chi connectivity index (χ4n) is 1.77. The summed E-state index contributed by atoms with van der Waals surface area (Å²) in [5, 5.41) is 11.7. The van der Waals surface area contributed by atoms with Gasteiger partial charge in [0, 0.05) is 11.9 Å². The first-order valence-electron chi connectivity index (χ1n) is 6.06. The second-order valence-electron chi connectivity index (χ2n) is 4.46. The van der Waals surface area contributed by atoms with Gasteiger partial charge in [-0.15, -0.1) is 0 Å². The lowest BCUT2D eigenvalue weighted by Gasteiger charge is -2.08. The zero-order valence-electron chi connectivity index (χ0n) is 11.2. The Hall–Kier alpha value is -2.69. The molecule has 0 radical (unpaired) electrons. The van der Waals surface area contributed by atoms with Crippen molar-refractivity contribution in [3.63, 3.8) is 0 Å². The van der Waals surface area contributed by atoms with Gasteiger partial charge in [0.25, 0.3) is 5.91 Å². The number of carbonyl (C=O) groups excluding carboxylic acids is 1. The van der Waals surface area contributed by atoms with E-state index in [0.717, 1.165) is 11.1 Å². The summed E-state index contributed by atoms with van der Waals surface area (Å²) in [5.41, 5.74) is 2.56. The van der Waals surface area contributed by atoms with Gasteiger partial charge in [-0.25, -0.2) is 4.79 Å². The van der Waals surface area contributed by atoms with Crippen LogP contribution in [0.4, 0.5) is 5.69 Å². The molecule has 102 valence electrons. The zero-order chi connectivity index (χ0) is 14.7. The molecule has 1 heterocycles. The van der Waals surface area contributed by atoms with Gasteiger partial charge in [-0.3, -0.25) is 9.78 Å². The number of aromatic nitrogens is 1. The number of nitrogens with one attached hydrogen (secondary N) is 1. The fraction of sp³-hybridized carbons (Fsp3) is 0.133. The molecule has 0 bridgehead atoms. The van der Waals surface area contributed by atoms with Gasteiger partial charge < -0.3 is 10.4 Å². The number of anilines is 1. The monoisotopic (exact) mass is 270 g/mol. The predicted molar refractivity (Wildman–Crippen MR) is 75.1 cm³/mol. The Morgan fingerprint density at radius 3 is 2.55 bits per heavy atom. The summed E-state index contributed by atoms with van der Waals surface area (Å²) in [5.74, 6) is -1.71. The zero-order valence-corrected chi connectivity index (χ0v) is 11.2. The van der Waals surface area contributed by atoms with Crippen LogP contribution in [0.15, 0.2) is 36.5 Å². The molecule has 1 aromatic heterocycles. The molecule has 0 saturated carbocycles. The maximum Gasteiger partial charge on any atom is 0.338 e. The first-order valence-corrected chi connectivity index (χ1v) is 6.06. The largest absolute Gasteiger partial charge is 0.478 e. The summed E-state index contributed by atoms with van der Waals surface area (Å²) >= 11 is 0. The Kier molecular flexibility index (Phi) is 3.79. The van der Waals surface area contributed by atoms with Crippen molar-refractivity contribution in [2.75, 3.05) is 5.32 Å². The first-order chi connectivity index (χ1) is 9.49. The molecule has 0 fully saturated rings. The quantitative estimate of drug-likeness (QED) is 0.898. The lowest BCUT2D eigenvalue weighted by molar-refractivity contribution is 0.0691. The van der Waals surface area contributed by atoms with Gasteiger partial charge in [0.2, 0.25) is 0 Å². The summed E-state index contributed by atoms with van der Waals surface area (Å²) in [7, 11) is 0. The highest BCUT2D eigenvalue weighted by molar-refractivity contribution is 6.09. The number of benzene rings is 1. The van der Waals surface area contributed by atoms with Crippen LogP contribution in [0.5, 0.6) is 0 Å². The minimum atomic E-state index is -1.18. The predicted octanol–water partition coefficient (Wildman–Crippen LogP) is 2.65. The van der Waals surface area contributed by atoms with Crippen LogP contribution in [0.25, 0.3) is 0 Å². The third-order valence-electron chi connectivity index (χ3n) is 3.02. The van der Waals surface area contributed by atoms with Crippen LogP contribution >= 0.6 is 0 Å². The molecule has 0 atom stereocenters. The Labute approximate surface area is 116 Å². The van der Waals surface area contributed by atoms with Crippen LogP contribution in [-0.2, 0) is 0 Å². The van der Waals surface area contributed by atoms with E-state index in [-0.39, 0.29) is 11.3 Å². The van der Waals surface area contributed by atoms with Gasteiger partial charge in [-0.2, -0.15) is 0 Å². The molecule has 5 heteroatoms. The molecule has 2 N–H and O–H groups in total. The minimum absolute atomic E-state index is 0.0989. The van der Waals surface area contributed by atoms with Crippen molar-refractivity contribution in [3.05, 3.63) is 58.9 Å².